The van der Waals surface area contributed by atoms with Crippen molar-refractivity contribution in [3.8, 4) is 0 Å². The highest BCUT2D eigenvalue weighted by molar-refractivity contribution is 7.99. The normalized spacial score (nSPS) is 15.3. The van der Waals surface area contributed by atoms with Crippen molar-refractivity contribution >= 4 is 17.7 Å². The highest BCUT2D eigenvalue weighted by atomic mass is 32.2. The second-order valence-corrected chi connectivity index (χ2v) is 7.19. The zero-order valence-corrected chi connectivity index (χ0v) is 14.8. The highest BCUT2D eigenvalue weighted by Gasteiger charge is 2.34. The van der Waals surface area contributed by atoms with E-state index in [1.807, 2.05) is 20.9 Å². The van der Waals surface area contributed by atoms with Crippen molar-refractivity contribution in [3.63, 3.8) is 0 Å². The van der Waals surface area contributed by atoms with Gasteiger partial charge in [0.15, 0.2) is 0 Å². The molecule has 0 spiro atoms. The van der Waals surface area contributed by atoms with Gasteiger partial charge in [0.25, 0.3) is 0 Å². The first-order valence-electron chi connectivity index (χ1n) is 7.42. The van der Waals surface area contributed by atoms with E-state index in [4.69, 9.17) is 4.74 Å². The SMILES string of the molecule is CCOC(=O)C(C)(CC(C)Sc1ccc(C)c(C)c1)NC. The van der Waals surface area contributed by atoms with E-state index in [-0.39, 0.29) is 5.97 Å². The van der Waals surface area contributed by atoms with Crippen LogP contribution >= 0.6 is 11.8 Å². The van der Waals surface area contributed by atoms with Gasteiger partial charge in [-0.1, -0.05) is 13.0 Å². The van der Waals surface area contributed by atoms with Gasteiger partial charge in [0, 0.05) is 10.1 Å². The van der Waals surface area contributed by atoms with Crippen LogP contribution in [0.1, 0.15) is 38.3 Å². The van der Waals surface area contributed by atoms with Crippen LogP contribution in [-0.4, -0.2) is 30.4 Å². The molecule has 21 heavy (non-hydrogen) atoms. The van der Waals surface area contributed by atoms with Crippen LogP contribution in [0, 0.1) is 13.8 Å². The van der Waals surface area contributed by atoms with Gasteiger partial charge in [-0.2, -0.15) is 0 Å². The fourth-order valence-corrected chi connectivity index (χ4v) is 3.49. The summed E-state index contributed by atoms with van der Waals surface area (Å²) >= 11 is 1.80. The van der Waals surface area contributed by atoms with Gasteiger partial charge in [-0.25, -0.2) is 0 Å². The summed E-state index contributed by atoms with van der Waals surface area (Å²) in [6.45, 7) is 10.5. The van der Waals surface area contributed by atoms with E-state index in [0.29, 0.717) is 11.9 Å². The average Bonchev–Trinajstić information content (AvgIpc) is 2.43. The number of thioether (sulfide) groups is 1. The number of aryl methyl sites for hydroxylation is 2. The van der Waals surface area contributed by atoms with E-state index in [0.717, 1.165) is 6.42 Å². The van der Waals surface area contributed by atoms with Gasteiger partial charge in [0.1, 0.15) is 5.54 Å². The minimum atomic E-state index is -0.637. The van der Waals surface area contributed by atoms with Crippen molar-refractivity contribution < 1.29 is 9.53 Å². The van der Waals surface area contributed by atoms with Gasteiger partial charge in [-0.3, -0.25) is 4.79 Å². The van der Waals surface area contributed by atoms with Crippen LogP contribution in [0.3, 0.4) is 0 Å². The molecule has 2 atom stereocenters. The largest absolute Gasteiger partial charge is 0.465 e. The summed E-state index contributed by atoms with van der Waals surface area (Å²) in [6, 6.07) is 6.50. The second kappa shape index (κ2) is 7.85. The fourth-order valence-electron chi connectivity index (χ4n) is 2.21. The fraction of sp³-hybridized carbons (Fsp3) is 0.588. The summed E-state index contributed by atoms with van der Waals surface area (Å²) in [7, 11) is 1.81. The minimum Gasteiger partial charge on any atom is -0.465 e. The average molecular weight is 309 g/mol. The molecular weight excluding hydrogens is 282 g/mol. The lowest BCUT2D eigenvalue weighted by Gasteiger charge is -2.29. The van der Waals surface area contributed by atoms with Crippen LogP contribution < -0.4 is 5.32 Å². The Morgan fingerprint density at radius 2 is 2.05 bits per heavy atom. The third kappa shape index (κ3) is 5.04. The molecule has 4 heteroatoms. The maximum absolute atomic E-state index is 12.1. The van der Waals surface area contributed by atoms with Crippen LogP contribution in [0.5, 0.6) is 0 Å². The van der Waals surface area contributed by atoms with E-state index >= 15 is 0 Å². The van der Waals surface area contributed by atoms with Gasteiger partial charge in [-0.05, 0) is 64.4 Å². The number of hydrogen-bond donors (Lipinski definition) is 1. The second-order valence-electron chi connectivity index (χ2n) is 5.68. The van der Waals surface area contributed by atoms with Gasteiger partial charge >= 0.3 is 5.97 Å². The summed E-state index contributed by atoms with van der Waals surface area (Å²) in [5.41, 5.74) is 1.97. The third-order valence-electron chi connectivity index (χ3n) is 3.79. The number of rotatable bonds is 7. The first kappa shape index (κ1) is 18.1. The number of benzene rings is 1. The van der Waals surface area contributed by atoms with Gasteiger partial charge in [-0.15, -0.1) is 11.8 Å². The van der Waals surface area contributed by atoms with Crippen molar-refractivity contribution in [3.05, 3.63) is 29.3 Å². The van der Waals surface area contributed by atoms with Crippen molar-refractivity contribution in [2.45, 2.75) is 56.7 Å². The number of nitrogens with one attached hydrogen (secondary N) is 1. The lowest BCUT2D eigenvalue weighted by molar-refractivity contribution is -0.150. The van der Waals surface area contributed by atoms with E-state index in [9.17, 15) is 4.79 Å². The summed E-state index contributed by atoms with van der Waals surface area (Å²) < 4.78 is 5.17. The molecule has 2 unspecified atom stereocenters. The molecule has 0 aliphatic heterocycles. The molecule has 1 aromatic rings. The Balaban J connectivity index is 2.72. The molecule has 0 saturated carbocycles. The van der Waals surface area contributed by atoms with Crippen LogP contribution in [0.4, 0.5) is 0 Å². The Labute approximate surface area is 132 Å². The summed E-state index contributed by atoms with van der Waals surface area (Å²) in [5.74, 6) is -0.181. The van der Waals surface area contributed by atoms with E-state index in [2.05, 4.69) is 44.3 Å². The summed E-state index contributed by atoms with van der Waals surface area (Å²) in [4.78, 5) is 13.3. The Kier molecular flexibility index (Phi) is 6.75. The Morgan fingerprint density at radius 1 is 1.38 bits per heavy atom. The lowest BCUT2D eigenvalue weighted by atomic mass is 9.96. The van der Waals surface area contributed by atoms with Crippen LogP contribution in [0.2, 0.25) is 0 Å². The Morgan fingerprint density at radius 3 is 2.57 bits per heavy atom. The topological polar surface area (TPSA) is 38.3 Å². The highest BCUT2D eigenvalue weighted by Crippen LogP contribution is 2.30. The number of hydrogen-bond acceptors (Lipinski definition) is 4. The standard InChI is InChI=1S/C17H27NO2S/c1-7-20-16(19)17(5,18-6)11-14(4)21-15-9-8-12(2)13(3)10-15/h8-10,14,18H,7,11H2,1-6H3. The number of carbonyl (C=O) groups is 1. The third-order valence-corrected chi connectivity index (χ3v) is 4.88. The van der Waals surface area contributed by atoms with Crippen molar-refractivity contribution in [1.82, 2.24) is 5.32 Å². The molecule has 0 radical (unpaired) electrons. The first-order valence-corrected chi connectivity index (χ1v) is 8.30. The molecule has 0 aromatic heterocycles. The van der Waals surface area contributed by atoms with Gasteiger partial charge < -0.3 is 10.1 Å². The lowest BCUT2D eigenvalue weighted by Crippen LogP contribution is -2.50. The maximum Gasteiger partial charge on any atom is 0.326 e. The van der Waals surface area contributed by atoms with E-state index < -0.39 is 5.54 Å². The first-order chi connectivity index (χ1) is 9.82. The van der Waals surface area contributed by atoms with Crippen molar-refractivity contribution in [2.24, 2.45) is 0 Å². The molecule has 0 aliphatic rings. The Bertz CT molecular complexity index is 490. The number of esters is 1. The van der Waals surface area contributed by atoms with Crippen LogP contribution in [0.15, 0.2) is 23.1 Å². The zero-order valence-electron chi connectivity index (χ0n) is 13.9. The van der Waals surface area contributed by atoms with E-state index in [1.54, 1.807) is 11.8 Å². The molecule has 1 aromatic carbocycles. The molecule has 118 valence electrons. The van der Waals surface area contributed by atoms with Crippen molar-refractivity contribution in [1.29, 1.82) is 0 Å². The van der Waals surface area contributed by atoms with Gasteiger partial charge in [0.2, 0.25) is 0 Å². The monoisotopic (exact) mass is 309 g/mol. The summed E-state index contributed by atoms with van der Waals surface area (Å²) in [6.07, 6.45) is 0.722. The molecule has 0 bridgehead atoms. The summed E-state index contributed by atoms with van der Waals surface area (Å²) in [5, 5.41) is 3.43. The molecule has 0 heterocycles. The maximum atomic E-state index is 12.1. The molecule has 0 fully saturated rings. The van der Waals surface area contributed by atoms with E-state index in [1.165, 1.54) is 16.0 Å². The molecule has 1 rings (SSSR count). The quantitative estimate of drug-likeness (QED) is 0.615. The molecule has 1 N–H and O–H groups in total. The smallest absolute Gasteiger partial charge is 0.326 e. The predicted octanol–water partition coefficient (Wildman–Crippen LogP) is 3.72. The van der Waals surface area contributed by atoms with Gasteiger partial charge in [0.05, 0.1) is 6.61 Å². The molecular formula is C17H27NO2S. The van der Waals surface area contributed by atoms with Crippen LogP contribution in [0.25, 0.3) is 0 Å². The zero-order chi connectivity index (χ0) is 16.0. The molecule has 0 amide bonds. The number of carbonyl (C=O) groups excluding carboxylic acids is 1. The Hall–Kier alpha value is -1.00. The molecule has 0 saturated heterocycles. The van der Waals surface area contributed by atoms with Crippen molar-refractivity contribution in [2.75, 3.05) is 13.7 Å². The van der Waals surface area contributed by atoms with Crippen LogP contribution in [-0.2, 0) is 9.53 Å². The number of likely N-dealkylation sites (N-methyl/N-ethyl adjacent to an activating group) is 1. The molecule has 0 aliphatic carbocycles. The predicted molar refractivity (Wildman–Crippen MR) is 89.9 cm³/mol. The molecule has 3 nitrogen and oxygen atoms in total. The minimum absolute atomic E-state index is 0.181. The number of ether oxygens (including phenoxy) is 1.